The fourth-order valence-corrected chi connectivity index (χ4v) is 4.32. The van der Waals surface area contributed by atoms with Crippen molar-refractivity contribution in [2.45, 2.75) is 20.8 Å². The summed E-state index contributed by atoms with van der Waals surface area (Å²) >= 11 is 0. The SMILES string of the molecule is C=CC(=O)Oc1c(C#Cc2ccc(OC(=O)C(=C)C)cc2)ccc(-c2ccc(-c3ccc(OC(=O)C(=C)C)cc3)cc2)c1/C=C/OC(=O)C(=C)C. The second kappa shape index (κ2) is 16.9. The third-order valence-corrected chi connectivity index (χ3v) is 7.02. The number of esters is 4. The first-order valence-corrected chi connectivity index (χ1v) is 15.5. The normalized spacial score (nSPS) is 10.3. The van der Waals surface area contributed by atoms with Gasteiger partial charge in [0.05, 0.1) is 11.8 Å². The summed E-state index contributed by atoms with van der Waals surface area (Å²) in [5.74, 6) is 4.55. The Kier molecular flexibility index (Phi) is 12.2. The van der Waals surface area contributed by atoms with Gasteiger partial charge in [-0.05, 0) is 91.6 Å². The lowest BCUT2D eigenvalue weighted by Gasteiger charge is -2.15. The van der Waals surface area contributed by atoms with E-state index in [4.69, 9.17) is 18.9 Å². The Morgan fingerprint density at radius 3 is 1.59 bits per heavy atom. The van der Waals surface area contributed by atoms with Crippen molar-refractivity contribution in [3.63, 3.8) is 0 Å². The minimum atomic E-state index is -0.722. The molecule has 0 unspecified atom stereocenters. The highest BCUT2D eigenvalue weighted by Crippen LogP contribution is 2.36. The summed E-state index contributed by atoms with van der Waals surface area (Å²) in [5.41, 5.74) is 5.33. The lowest BCUT2D eigenvalue weighted by atomic mass is 9.94. The number of carbonyl (C=O) groups excluding carboxylic acids is 4. The van der Waals surface area contributed by atoms with Crippen LogP contribution in [0.25, 0.3) is 28.3 Å². The van der Waals surface area contributed by atoms with Gasteiger partial charge in [-0.1, -0.05) is 80.6 Å². The van der Waals surface area contributed by atoms with Crippen molar-refractivity contribution in [2.75, 3.05) is 0 Å². The Labute approximate surface area is 296 Å². The van der Waals surface area contributed by atoms with E-state index in [1.807, 2.05) is 42.5 Å². The molecule has 0 amide bonds. The summed E-state index contributed by atoms with van der Waals surface area (Å²) in [6.07, 6.45) is 3.74. The van der Waals surface area contributed by atoms with Crippen molar-refractivity contribution in [1.82, 2.24) is 0 Å². The number of hydrogen-bond acceptors (Lipinski definition) is 8. The molecule has 8 nitrogen and oxygen atoms in total. The second-order valence-corrected chi connectivity index (χ2v) is 11.2. The maximum Gasteiger partial charge on any atom is 0.338 e. The van der Waals surface area contributed by atoms with Crippen LogP contribution in [0, 0.1) is 11.8 Å². The third kappa shape index (κ3) is 10.0. The van der Waals surface area contributed by atoms with Crippen LogP contribution in [0.1, 0.15) is 37.5 Å². The Morgan fingerprint density at radius 1 is 0.588 bits per heavy atom. The molecular formula is C43H34O8. The number of rotatable bonds is 11. The van der Waals surface area contributed by atoms with Crippen LogP contribution in [-0.2, 0) is 23.9 Å². The molecule has 0 bridgehead atoms. The second-order valence-electron chi connectivity index (χ2n) is 11.2. The lowest BCUT2D eigenvalue weighted by molar-refractivity contribution is -0.133. The molecule has 254 valence electrons. The van der Waals surface area contributed by atoms with Gasteiger partial charge >= 0.3 is 23.9 Å². The zero-order valence-corrected chi connectivity index (χ0v) is 28.4. The molecule has 51 heavy (non-hydrogen) atoms. The van der Waals surface area contributed by atoms with Crippen LogP contribution in [0.4, 0.5) is 0 Å². The van der Waals surface area contributed by atoms with Crippen LogP contribution in [0.3, 0.4) is 0 Å². The highest BCUT2D eigenvalue weighted by atomic mass is 16.5. The molecule has 0 radical (unpaired) electrons. The molecule has 8 heteroatoms. The Bertz CT molecular complexity index is 2140. The van der Waals surface area contributed by atoms with Crippen LogP contribution in [0.15, 0.2) is 140 Å². The van der Waals surface area contributed by atoms with E-state index in [0.29, 0.717) is 39.3 Å². The quantitative estimate of drug-likeness (QED) is 0.0511. The van der Waals surface area contributed by atoms with Crippen LogP contribution < -0.4 is 14.2 Å². The Balaban J connectivity index is 1.75. The first-order chi connectivity index (χ1) is 24.4. The van der Waals surface area contributed by atoms with E-state index in [2.05, 4.69) is 38.2 Å². The zero-order chi connectivity index (χ0) is 37.1. The molecule has 0 aromatic heterocycles. The summed E-state index contributed by atoms with van der Waals surface area (Å²) in [6.45, 7) is 19.0. The van der Waals surface area contributed by atoms with E-state index in [1.165, 1.54) is 19.3 Å². The average molecular weight is 679 g/mol. The van der Waals surface area contributed by atoms with E-state index in [1.54, 1.807) is 56.3 Å². The summed E-state index contributed by atoms with van der Waals surface area (Å²) in [5, 5.41) is 0. The maximum absolute atomic E-state index is 12.6. The standard InChI is InChI=1S/C43H34O8/c1-8-39(44)51-40-34(12-9-30-10-20-35(21-11-30)49-42(46)28(4)5)19-24-37(38(40)25-26-48-41(45)27(2)3)33-15-13-31(14-16-33)32-17-22-36(23-18-32)50-43(47)29(6)7/h8,10-11,13-26H,1-2,4,6H2,3,5,7H3/b26-25+. The van der Waals surface area contributed by atoms with Crippen LogP contribution in [0.5, 0.6) is 17.2 Å². The Hall–Kier alpha value is -6.98. The fourth-order valence-electron chi connectivity index (χ4n) is 4.32. The highest BCUT2D eigenvalue weighted by Gasteiger charge is 2.17. The average Bonchev–Trinajstić information content (AvgIpc) is 3.12. The molecule has 0 spiro atoms. The fraction of sp³-hybridized carbons (Fsp3) is 0.0698. The summed E-state index contributed by atoms with van der Waals surface area (Å²) in [7, 11) is 0. The van der Waals surface area contributed by atoms with Gasteiger partial charge in [0.15, 0.2) is 5.75 Å². The molecule has 0 atom stereocenters. The maximum atomic E-state index is 12.6. The van der Waals surface area contributed by atoms with Gasteiger partial charge in [0.2, 0.25) is 0 Å². The molecule has 0 aliphatic heterocycles. The number of benzene rings is 4. The van der Waals surface area contributed by atoms with E-state index in [9.17, 15) is 19.2 Å². The molecule has 0 aliphatic carbocycles. The van der Waals surface area contributed by atoms with Gasteiger partial charge in [-0.2, -0.15) is 0 Å². The van der Waals surface area contributed by atoms with Gasteiger partial charge in [-0.25, -0.2) is 19.2 Å². The number of carbonyl (C=O) groups is 4. The van der Waals surface area contributed by atoms with Crippen LogP contribution in [0.2, 0.25) is 0 Å². The number of ether oxygens (including phenoxy) is 4. The van der Waals surface area contributed by atoms with Crippen molar-refractivity contribution in [2.24, 2.45) is 0 Å². The topological polar surface area (TPSA) is 105 Å². The molecule has 4 rings (SSSR count). The first-order valence-electron chi connectivity index (χ1n) is 15.5. The van der Waals surface area contributed by atoms with Crippen LogP contribution in [-0.4, -0.2) is 23.9 Å². The van der Waals surface area contributed by atoms with Crippen molar-refractivity contribution < 1.29 is 38.1 Å². The van der Waals surface area contributed by atoms with Crippen molar-refractivity contribution in [1.29, 1.82) is 0 Å². The van der Waals surface area contributed by atoms with E-state index in [0.717, 1.165) is 22.8 Å². The summed E-state index contributed by atoms with van der Waals surface area (Å²) < 4.78 is 21.5. The highest BCUT2D eigenvalue weighted by molar-refractivity contribution is 5.91. The van der Waals surface area contributed by atoms with E-state index >= 15 is 0 Å². The summed E-state index contributed by atoms with van der Waals surface area (Å²) in [4.78, 5) is 48.5. The molecule has 4 aromatic rings. The molecule has 0 N–H and O–H groups in total. The van der Waals surface area contributed by atoms with Crippen molar-refractivity contribution >= 4 is 30.0 Å². The minimum Gasteiger partial charge on any atom is -0.431 e. The molecule has 0 aliphatic rings. The Morgan fingerprint density at radius 2 is 1.08 bits per heavy atom. The third-order valence-electron chi connectivity index (χ3n) is 7.02. The molecule has 0 heterocycles. The van der Waals surface area contributed by atoms with Crippen molar-refractivity contribution in [3.8, 4) is 51.3 Å². The summed E-state index contributed by atoms with van der Waals surface area (Å²) in [6, 6.07) is 24.8. The lowest BCUT2D eigenvalue weighted by Crippen LogP contribution is -2.07. The van der Waals surface area contributed by atoms with E-state index < -0.39 is 23.9 Å². The smallest absolute Gasteiger partial charge is 0.338 e. The van der Waals surface area contributed by atoms with Gasteiger partial charge in [0.1, 0.15) is 11.5 Å². The number of hydrogen-bond donors (Lipinski definition) is 0. The minimum absolute atomic E-state index is 0.114. The first kappa shape index (κ1) is 36.8. The predicted octanol–water partition coefficient (Wildman–Crippen LogP) is 8.56. The van der Waals surface area contributed by atoms with Crippen LogP contribution >= 0.6 is 0 Å². The largest absolute Gasteiger partial charge is 0.431 e. The molecule has 0 saturated heterocycles. The van der Waals surface area contributed by atoms with Gasteiger partial charge in [0.25, 0.3) is 0 Å². The van der Waals surface area contributed by atoms with E-state index in [-0.39, 0.29) is 16.9 Å². The van der Waals surface area contributed by atoms with Gasteiger partial charge in [-0.3, -0.25) is 0 Å². The van der Waals surface area contributed by atoms with Gasteiger partial charge in [-0.15, -0.1) is 0 Å². The molecule has 0 saturated carbocycles. The molecule has 4 aromatic carbocycles. The monoisotopic (exact) mass is 678 g/mol. The van der Waals surface area contributed by atoms with Crippen molar-refractivity contribution in [3.05, 3.63) is 157 Å². The van der Waals surface area contributed by atoms with Gasteiger partial charge in [0, 0.05) is 33.9 Å². The molecule has 0 fully saturated rings. The molecular weight excluding hydrogens is 644 g/mol. The predicted molar refractivity (Wildman–Crippen MR) is 196 cm³/mol. The zero-order valence-electron chi connectivity index (χ0n) is 28.4. The van der Waals surface area contributed by atoms with Gasteiger partial charge < -0.3 is 18.9 Å².